The van der Waals surface area contributed by atoms with Gasteiger partial charge in [0.1, 0.15) is 23.8 Å². The third-order valence-corrected chi connectivity index (χ3v) is 4.29. The van der Waals surface area contributed by atoms with Gasteiger partial charge in [0.25, 0.3) is 5.91 Å². The monoisotopic (exact) mass is 391 g/mol. The van der Waals surface area contributed by atoms with Crippen molar-refractivity contribution in [3.8, 4) is 11.5 Å². The summed E-state index contributed by atoms with van der Waals surface area (Å²) < 4.78 is 10.7. The molecule has 0 radical (unpaired) electrons. The van der Waals surface area contributed by atoms with Crippen LogP contribution in [-0.4, -0.2) is 31.2 Å². The Morgan fingerprint density at radius 2 is 1.83 bits per heavy atom. The third kappa shape index (κ3) is 6.24. The zero-order valence-electron chi connectivity index (χ0n) is 16.6. The Morgan fingerprint density at radius 3 is 2.59 bits per heavy atom. The van der Waals surface area contributed by atoms with Crippen LogP contribution in [0.4, 0.5) is 5.69 Å². The quantitative estimate of drug-likeness (QED) is 0.543. The lowest BCUT2D eigenvalue weighted by Crippen LogP contribution is -2.28. The van der Waals surface area contributed by atoms with Crippen LogP contribution in [0.25, 0.3) is 0 Å². The number of aryl methyl sites for hydroxylation is 1. The molecule has 3 rings (SSSR count). The number of anilines is 1. The van der Waals surface area contributed by atoms with Crippen LogP contribution in [-0.2, 0) is 6.54 Å². The Kier molecular flexibility index (Phi) is 7.05. The lowest BCUT2D eigenvalue weighted by atomic mass is 10.1. The van der Waals surface area contributed by atoms with Crippen LogP contribution in [0.3, 0.4) is 0 Å². The molecule has 0 spiro atoms. The average molecular weight is 391 g/mol. The molecule has 0 atom stereocenters. The van der Waals surface area contributed by atoms with Crippen LogP contribution in [0, 0.1) is 6.92 Å². The Labute approximate surface area is 170 Å². The fourth-order valence-electron chi connectivity index (χ4n) is 2.79. The van der Waals surface area contributed by atoms with E-state index in [0.717, 1.165) is 17.2 Å². The number of nitrogens with one attached hydrogen (secondary N) is 2. The van der Waals surface area contributed by atoms with Crippen molar-refractivity contribution < 1.29 is 14.3 Å². The fraction of sp³-hybridized carbons (Fsp3) is 0.217. The van der Waals surface area contributed by atoms with Crippen molar-refractivity contribution in [1.29, 1.82) is 0 Å². The number of carbonyl (C=O) groups excluding carboxylic acids is 1. The highest BCUT2D eigenvalue weighted by atomic mass is 16.5. The van der Waals surface area contributed by atoms with Crippen molar-refractivity contribution in [3.05, 3.63) is 83.7 Å². The van der Waals surface area contributed by atoms with Crippen molar-refractivity contribution in [2.24, 2.45) is 0 Å². The van der Waals surface area contributed by atoms with Gasteiger partial charge in [-0.3, -0.25) is 9.78 Å². The number of benzene rings is 2. The number of hydrogen-bond acceptors (Lipinski definition) is 5. The van der Waals surface area contributed by atoms with Gasteiger partial charge in [0, 0.05) is 18.4 Å². The molecule has 2 N–H and O–H groups in total. The topological polar surface area (TPSA) is 72.5 Å². The second-order valence-corrected chi connectivity index (χ2v) is 6.55. The smallest absolute Gasteiger partial charge is 0.270 e. The van der Waals surface area contributed by atoms with Crippen molar-refractivity contribution in [2.75, 3.05) is 25.6 Å². The average Bonchev–Trinajstić information content (AvgIpc) is 2.76. The van der Waals surface area contributed by atoms with Gasteiger partial charge in [-0.25, -0.2) is 0 Å². The zero-order chi connectivity index (χ0) is 20.5. The minimum atomic E-state index is -0.234. The molecule has 29 heavy (non-hydrogen) atoms. The Bertz CT molecular complexity index is 942. The summed E-state index contributed by atoms with van der Waals surface area (Å²) in [7, 11) is 1.62. The van der Waals surface area contributed by atoms with Crippen LogP contribution in [0.15, 0.2) is 66.9 Å². The lowest BCUT2D eigenvalue weighted by molar-refractivity contribution is 0.0942. The van der Waals surface area contributed by atoms with Crippen LogP contribution >= 0.6 is 0 Å². The summed E-state index contributed by atoms with van der Waals surface area (Å²) in [5, 5.41) is 6.15. The first-order valence-electron chi connectivity index (χ1n) is 9.44. The SMILES string of the molecule is COc1ccc(OCCNC(=O)c2cc(NCc3cccc(C)c3)ccn2)cc1. The van der Waals surface area contributed by atoms with E-state index in [0.29, 0.717) is 25.4 Å². The summed E-state index contributed by atoms with van der Waals surface area (Å²) in [4.78, 5) is 16.5. The highest BCUT2D eigenvalue weighted by molar-refractivity contribution is 5.93. The number of pyridine rings is 1. The zero-order valence-corrected chi connectivity index (χ0v) is 16.6. The van der Waals surface area contributed by atoms with Crippen molar-refractivity contribution in [1.82, 2.24) is 10.3 Å². The fourth-order valence-corrected chi connectivity index (χ4v) is 2.79. The molecule has 0 fully saturated rings. The number of carbonyl (C=O) groups is 1. The van der Waals surface area contributed by atoms with Gasteiger partial charge in [0.05, 0.1) is 13.7 Å². The van der Waals surface area contributed by atoms with E-state index in [1.54, 1.807) is 19.4 Å². The Balaban J connectivity index is 1.45. The number of nitrogens with zero attached hydrogens (tertiary/aromatic N) is 1. The first-order valence-corrected chi connectivity index (χ1v) is 9.44. The number of hydrogen-bond donors (Lipinski definition) is 2. The molecular formula is C23H25N3O3. The second kappa shape index (κ2) is 10.1. The maximum absolute atomic E-state index is 12.3. The largest absolute Gasteiger partial charge is 0.497 e. The number of amides is 1. The van der Waals surface area contributed by atoms with Gasteiger partial charge in [0.15, 0.2) is 0 Å². The number of methoxy groups -OCH3 is 1. The van der Waals surface area contributed by atoms with Crippen LogP contribution in [0.1, 0.15) is 21.6 Å². The molecule has 0 aliphatic heterocycles. The first kappa shape index (κ1) is 20.2. The minimum Gasteiger partial charge on any atom is -0.497 e. The number of rotatable bonds is 9. The van der Waals surface area contributed by atoms with E-state index in [9.17, 15) is 4.79 Å². The van der Waals surface area contributed by atoms with Gasteiger partial charge < -0.3 is 20.1 Å². The summed E-state index contributed by atoms with van der Waals surface area (Å²) in [6, 6.07) is 19.2. The van der Waals surface area contributed by atoms with E-state index in [-0.39, 0.29) is 5.91 Å². The molecule has 0 aliphatic rings. The van der Waals surface area contributed by atoms with E-state index >= 15 is 0 Å². The molecule has 0 unspecified atom stereocenters. The number of ether oxygens (including phenoxy) is 2. The van der Waals surface area contributed by atoms with Gasteiger partial charge in [-0.05, 0) is 48.9 Å². The molecule has 1 aromatic heterocycles. The number of aromatic nitrogens is 1. The van der Waals surface area contributed by atoms with Gasteiger partial charge in [-0.1, -0.05) is 29.8 Å². The predicted molar refractivity (Wildman–Crippen MR) is 114 cm³/mol. The highest BCUT2D eigenvalue weighted by Gasteiger charge is 2.07. The summed E-state index contributed by atoms with van der Waals surface area (Å²) in [5.74, 6) is 1.26. The molecule has 150 valence electrons. The molecule has 1 heterocycles. The lowest BCUT2D eigenvalue weighted by Gasteiger charge is -2.10. The third-order valence-electron chi connectivity index (χ3n) is 4.29. The van der Waals surface area contributed by atoms with Gasteiger partial charge in [-0.15, -0.1) is 0 Å². The molecule has 6 nitrogen and oxygen atoms in total. The van der Waals surface area contributed by atoms with Crippen LogP contribution < -0.4 is 20.1 Å². The highest BCUT2D eigenvalue weighted by Crippen LogP contribution is 2.16. The van der Waals surface area contributed by atoms with E-state index in [1.165, 1.54) is 11.1 Å². The maximum atomic E-state index is 12.3. The Morgan fingerprint density at radius 1 is 1.03 bits per heavy atom. The molecule has 0 bridgehead atoms. The molecule has 0 saturated heterocycles. The normalized spacial score (nSPS) is 10.3. The van der Waals surface area contributed by atoms with E-state index in [2.05, 4.69) is 40.7 Å². The van der Waals surface area contributed by atoms with E-state index < -0.39 is 0 Å². The van der Waals surface area contributed by atoms with Crippen LogP contribution in [0.2, 0.25) is 0 Å². The van der Waals surface area contributed by atoms with Gasteiger partial charge in [-0.2, -0.15) is 0 Å². The summed E-state index contributed by atoms with van der Waals surface area (Å²) in [6.07, 6.45) is 1.63. The van der Waals surface area contributed by atoms with E-state index in [4.69, 9.17) is 9.47 Å². The van der Waals surface area contributed by atoms with Crippen molar-refractivity contribution >= 4 is 11.6 Å². The van der Waals surface area contributed by atoms with E-state index in [1.807, 2.05) is 36.4 Å². The molecule has 6 heteroatoms. The van der Waals surface area contributed by atoms with Crippen molar-refractivity contribution in [2.45, 2.75) is 13.5 Å². The summed E-state index contributed by atoms with van der Waals surface area (Å²) >= 11 is 0. The summed E-state index contributed by atoms with van der Waals surface area (Å²) in [5.41, 5.74) is 3.62. The van der Waals surface area contributed by atoms with Gasteiger partial charge in [0.2, 0.25) is 0 Å². The molecule has 0 saturated carbocycles. The molecule has 0 aliphatic carbocycles. The molecular weight excluding hydrogens is 366 g/mol. The van der Waals surface area contributed by atoms with Gasteiger partial charge >= 0.3 is 0 Å². The predicted octanol–water partition coefficient (Wildman–Crippen LogP) is 3.82. The Hall–Kier alpha value is -3.54. The maximum Gasteiger partial charge on any atom is 0.270 e. The summed E-state index contributed by atoms with van der Waals surface area (Å²) in [6.45, 7) is 3.50. The second-order valence-electron chi connectivity index (χ2n) is 6.55. The minimum absolute atomic E-state index is 0.234. The van der Waals surface area contributed by atoms with Crippen LogP contribution in [0.5, 0.6) is 11.5 Å². The molecule has 2 aromatic carbocycles. The molecule has 3 aromatic rings. The standard InChI is InChI=1S/C23H25N3O3/c1-17-4-3-5-18(14-17)16-26-19-10-11-24-22(15-19)23(27)25-12-13-29-21-8-6-20(28-2)7-9-21/h3-11,14-15H,12-13,16H2,1-2H3,(H,24,26)(H,25,27). The first-order chi connectivity index (χ1) is 14.1. The van der Waals surface area contributed by atoms with Crippen molar-refractivity contribution in [3.63, 3.8) is 0 Å². The molecule has 1 amide bonds.